The molecule has 0 bridgehead atoms. The van der Waals surface area contributed by atoms with Crippen molar-refractivity contribution in [3.63, 3.8) is 0 Å². The first kappa shape index (κ1) is 17.6. The number of nitrogens with zero attached hydrogens (tertiary/aromatic N) is 3. The lowest BCUT2D eigenvalue weighted by Crippen LogP contribution is -2.35. The minimum absolute atomic E-state index is 0.0490. The molecule has 4 rings (SSSR count). The third kappa shape index (κ3) is 3.29. The summed E-state index contributed by atoms with van der Waals surface area (Å²) in [4.78, 5) is 24.9. The van der Waals surface area contributed by atoms with Crippen LogP contribution in [-0.2, 0) is 9.59 Å². The Morgan fingerprint density at radius 2 is 2.11 bits per heavy atom. The highest BCUT2D eigenvalue weighted by atomic mass is 19.3. The Labute approximate surface area is 156 Å². The summed E-state index contributed by atoms with van der Waals surface area (Å²) in [5.74, 6) is -0.551. The fourth-order valence-corrected chi connectivity index (χ4v) is 2.88. The van der Waals surface area contributed by atoms with Crippen LogP contribution in [0.1, 0.15) is 12.5 Å². The first-order valence-electron chi connectivity index (χ1n) is 8.16. The summed E-state index contributed by atoms with van der Waals surface area (Å²) in [5, 5.41) is 12.9. The maximum absolute atomic E-state index is 12.9. The van der Waals surface area contributed by atoms with Gasteiger partial charge in [0.05, 0.1) is 18.4 Å². The van der Waals surface area contributed by atoms with Crippen molar-refractivity contribution in [1.29, 1.82) is 0 Å². The van der Waals surface area contributed by atoms with Gasteiger partial charge in [-0.15, -0.1) is 10.2 Å². The molecular weight excluding hydrogens is 376 g/mol. The Morgan fingerprint density at radius 3 is 2.86 bits per heavy atom. The lowest BCUT2D eigenvalue weighted by atomic mass is 10.1. The summed E-state index contributed by atoms with van der Waals surface area (Å²) in [6.45, 7) is -3.05. The van der Waals surface area contributed by atoms with Crippen LogP contribution >= 0.6 is 0 Å². The van der Waals surface area contributed by atoms with Crippen LogP contribution in [-0.4, -0.2) is 33.2 Å². The van der Waals surface area contributed by atoms with Gasteiger partial charge >= 0.3 is 6.61 Å². The number of anilines is 2. The zero-order chi connectivity index (χ0) is 19.7. The third-order valence-electron chi connectivity index (χ3n) is 4.04. The Bertz CT molecular complexity index is 1020. The lowest BCUT2D eigenvalue weighted by Gasteiger charge is -2.25. The number of ether oxygens (including phenoxy) is 1. The van der Waals surface area contributed by atoms with Crippen molar-refractivity contribution >= 4 is 23.5 Å². The summed E-state index contributed by atoms with van der Waals surface area (Å²) in [6, 6.07) is 8.03. The number of carbonyl (C=O) groups is 2. The minimum atomic E-state index is -3.05. The lowest BCUT2D eigenvalue weighted by molar-refractivity contribution is -0.125. The number of benzene rings is 1. The van der Waals surface area contributed by atoms with Crippen molar-refractivity contribution in [2.24, 2.45) is 0 Å². The zero-order valence-corrected chi connectivity index (χ0v) is 14.1. The molecule has 3 aromatic rings. The molecule has 2 aromatic heterocycles. The molecule has 1 aliphatic rings. The number of hydrogen-bond acceptors (Lipinski definition) is 6. The van der Waals surface area contributed by atoms with Crippen LogP contribution < -0.4 is 15.4 Å². The number of fused-ring (bicyclic) bond motifs is 1. The van der Waals surface area contributed by atoms with Crippen LogP contribution in [0.15, 0.2) is 47.1 Å². The molecule has 144 valence electrons. The maximum Gasteiger partial charge on any atom is 0.387 e. The van der Waals surface area contributed by atoms with Gasteiger partial charge in [0.1, 0.15) is 11.8 Å². The van der Waals surface area contributed by atoms with Crippen molar-refractivity contribution in [2.75, 3.05) is 10.6 Å². The van der Waals surface area contributed by atoms with Crippen molar-refractivity contribution in [3.8, 4) is 17.3 Å². The fraction of sp³-hybridized carbons (Fsp3) is 0.176. The van der Waals surface area contributed by atoms with E-state index in [2.05, 4.69) is 25.6 Å². The highest BCUT2D eigenvalue weighted by Crippen LogP contribution is 2.32. The van der Waals surface area contributed by atoms with E-state index >= 15 is 0 Å². The third-order valence-corrected chi connectivity index (χ3v) is 4.04. The molecule has 28 heavy (non-hydrogen) atoms. The quantitative estimate of drug-likeness (QED) is 0.694. The van der Waals surface area contributed by atoms with Crippen molar-refractivity contribution in [1.82, 2.24) is 14.8 Å². The van der Waals surface area contributed by atoms with E-state index in [-0.39, 0.29) is 29.6 Å². The van der Waals surface area contributed by atoms with Gasteiger partial charge in [-0.1, -0.05) is 12.1 Å². The second-order valence-electron chi connectivity index (χ2n) is 5.83. The van der Waals surface area contributed by atoms with E-state index in [0.29, 0.717) is 5.76 Å². The summed E-state index contributed by atoms with van der Waals surface area (Å²) < 4.78 is 36.3. The molecule has 1 aliphatic heterocycles. The smallest absolute Gasteiger partial charge is 0.387 e. The number of furan rings is 1. The second-order valence-corrected chi connectivity index (χ2v) is 5.83. The van der Waals surface area contributed by atoms with Crippen LogP contribution in [0.25, 0.3) is 11.6 Å². The Kier molecular flexibility index (Phi) is 4.47. The van der Waals surface area contributed by atoms with Gasteiger partial charge in [0, 0.05) is 0 Å². The van der Waals surface area contributed by atoms with Gasteiger partial charge in [0.2, 0.25) is 23.6 Å². The Morgan fingerprint density at radius 1 is 1.29 bits per heavy atom. The van der Waals surface area contributed by atoms with Crippen molar-refractivity contribution in [3.05, 3.63) is 42.7 Å². The van der Waals surface area contributed by atoms with E-state index in [9.17, 15) is 18.4 Å². The fourth-order valence-electron chi connectivity index (χ4n) is 2.88. The predicted octanol–water partition coefficient (Wildman–Crippen LogP) is 2.66. The average molecular weight is 389 g/mol. The number of alkyl halides is 2. The molecule has 3 heterocycles. The van der Waals surface area contributed by atoms with E-state index in [1.165, 1.54) is 29.0 Å². The van der Waals surface area contributed by atoms with Crippen LogP contribution in [0.2, 0.25) is 0 Å². The Hall–Kier alpha value is -3.76. The molecule has 0 aliphatic carbocycles. The topological polar surface area (TPSA) is 111 Å². The van der Waals surface area contributed by atoms with Crippen molar-refractivity contribution < 1.29 is 27.5 Å². The van der Waals surface area contributed by atoms with Crippen LogP contribution in [0.4, 0.5) is 20.4 Å². The van der Waals surface area contributed by atoms with Gasteiger partial charge in [0.25, 0.3) is 0 Å². The normalized spacial score (nSPS) is 15.8. The number of carbonyl (C=O) groups excluding carboxylic acids is 2. The molecule has 11 heteroatoms. The molecule has 0 fully saturated rings. The number of aromatic nitrogens is 3. The molecule has 0 spiro atoms. The van der Waals surface area contributed by atoms with Crippen LogP contribution in [0.3, 0.4) is 0 Å². The van der Waals surface area contributed by atoms with Crippen LogP contribution in [0, 0.1) is 0 Å². The van der Waals surface area contributed by atoms with Crippen molar-refractivity contribution in [2.45, 2.75) is 19.1 Å². The summed E-state index contributed by atoms with van der Waals surface area (Å²) in [6.07, 6.45) is 1.24. The van der Waals surface area contributed by atoms with Gasteiger partial charge in [-0.05, 0) is 24.3 Å². The average Bonchev–Trinajstić information content (AvgIpc) is 3.31. The molecule has 2 N–H and O–H groups in total. The highest BCUT2D eigenvalue weighted by Gasteiger charge is 2.35. The van der Waals surface area contributed by atoms with Gasteiger partial charge in [-0.2, -0.15) is 8.78 Å². The number of nitrogens with one attached hydrogen (secondary N) is 2. The number of para-hydroxylation sites is 2. The predicted molar refractivity (Wildman–Crippen MR) is 91.7 cm³/mol. The zero-order valence-electron chi connectivity index (χ0n) is 14.1. The number of hydrogen-bond donors (Lipinski definition) is 2. The first-order chi connectivity index (χ1) is 13.5. The summed E-state index contributed by atoms with van der Waals surface area (Å²) in [7, 11) is 0. The molecule has 0 saturated heterocycles. The number of amides is 2. The van der Waals surface area contributed by atoms with Gasteiger partial charge in [-0.25, -0.2) is 0 Å². The highest BCUT2D eigenvalue weighted by molar-refractivity contribution is 6.01. The Balaban J connectivity index is 1.67. The van der Waals surface area contributed by atoms with E-state index in [1.54, 1.807) is 18.2 Å². The van der Waals surface area contributed by atoms with Gasteiger partial charge in [-0.3, -0.25) is 19.5 Å². The molecular formula is C17H13F2N5O4. The standard InChI is InChI=1S/C17H13F2N5O4/c18-16(19)28-11-5-2-1-4-9(11)20-15(26)10-8-13(25)21-17-23-22-14(24(10)17)12-6-3-7-27-12/h1-7,10,16H,8H2,(H,20,26)(H,21,23,25). The summed E-state index contributed by atoms with van der Waals surface area (Å²) >= 11 is 0. The molecule has 1 unspecified atom stereocenters. The molecule has 1 atom stereocenters. The van der Waals surface area contributed by atoms with E-state index in [0.717, 1.165) is 0 Å². The SMILES string of the molecule is O=C1CC(C(=O)Nc2ccccc2OC(F)F)n2c(nnc2-c2ccco2)N1. The van der Waals surface area contributed by atoms with Crippen LogP contribution in [0.5, 0.6) is 5.75 Å². The second kappa shape index (κ2) is 7.10. The van der Waals surface area contributed by atoms with Gasteiger partial charge in [0.15, 0.2) is 5.76 Å². The largest absolute Gasteiger partial charge is 0.461 e. The van der Waals surface area contributed by atoms with E-state index < -0.39 is 24.5 Å². The molecule has 9 nitrogen and oxygen atoms in total. The van der Waals surface area contributed by atoms with E-state index in [1.807, 2.05) is 0 Å². The first-order valence-corrected chi connectivity index (χ1v) is 8.16. The minimum Gasteiger partial charge on any atom is -0.461 e. The molecule has 0 radical (unpaired) electrons. The van der Waals surface area contributed by atoms with E-state index in [4.69, 9.17) is 4.42 Å². The number of halogens is 2. The molecule has 1 aromatic carbocycles. The summed E-state index contributed by atoms with van der Waals surface area (Å²) in [5.41, 5.74) is 0.0490. The molecule has 2 amide bonds. The monoisotopic (exact) mass is 389 g/mol. The number of rotatable bonds is 5. The molecule has 0 saturated carbocycles. The van der Waals surface area contributed by atoms with Gasteiger partial charge < -0.3 is 14.5 Å². The maximum atomic E-state index is 12.9.